The van der Waals surface area contributed by atoms with Crippen LogP contribution in [-0.2, 0) is 23.3 Å². The molecule has 0 aromatic heterocycles. The fourth-order valence-electron chi connectivity index (χ4n) is 2.72. The first kappa shape index (κ1) is 17.1. The summed E-state index contributed by atoms with van der Waals surface area (Å²) in [6.45, 7) is 4.46. The Morgan fingerprint density at radius 2 is 2.09 bits per heavy atom. The average Bonchev–Trinajstić information content (AvgIpc) is 2.46. The summed E-state index contributed by atoms with van der Waals surface area (Å²) < 4.78 is 50.8. The predicted molar refractivity (Wildman–Crippen MR) is 78.1 cm³/mol. The van der Waals surface area contributed by atoms with Crippen molar-refractivity contribution < 1.29 is 22.6 Å². The third-order valence-corrected chi connectivity index (χ3v) is 4.07. The van der Waals surface area contributed by atoms with E-state index in [1.807, 2.05) is 6.92 Å². The van der Waals surface area contributed by atoms with Crippen LogP contribution in [0.2, 0.25) is 0 Å². The number of hydrogen-bond donors (Lipinski definition) is 1. The number of alkyl halides is 3. The van der Waals surface area contributed by atoms with E-state index in [4.69, 9.17) is 9.47 Å². The second-order valence-corrected chi connectivity index (χ2v) is 5.63. The molecule has 1 aliphatic rings. The Bertz CT molecular complexity index is 531. The molecule has 1 N–H and O–H groups in total. The summed E-state index contributed by atoms with van der Waals surface area (Å²) in [6.07, 6.45) is -3.04. The first-order chi connectivity index (χ1) is 10.3. The Labute approximate surface area is 128 Å². The number of ether oxygens (including phenoxy) is 2. The zero-order chi connectivity index (χ0) is 16.4. The molecule has 2 rings (SSSR count). The van der Waals surface area contributed by atoms with Crippen molar-refractivity contribution in [2.75, 3.05) is 20.3 Å². The van der Waals surface area contributed by atoms with Gasteiger partial charge in [-0.05, 0) is 49.6 Å². The molecular weight excluding hydrogens is 295 g/mol. The van der Waals surface area contributed by atoms with Gasteiger partial charge >= 0.3 is 6.18 Å². The lowest BCUT2D eigenvalue weighted by atomic mass is 9.85. The molecule has 1 atom stereocenters. The number of rotatable bonds is 5. The van der Waals surface area contributed by atoms with E-state index in [2.05, 4.69) is 5.32 Å². The Morgan fingerprint density at radius 3 is 2.68 bits per heavy atom. The highest BCUT2D eigenvalue weighted by Crippen LogP contribution is 2.46. The van der Waals surface area contributed by atoms with Crippen LogP contribution in [0, 0.1) is 0 Å². The van der Waals surface area contributed by atoms with Gasteiger partial charge in [-0.15, -0.1) is 0 Å². The molecule has 1 unspecified atom stereocenters. The fraction of sp³-hybridized carbons (Fsp3) is 0.625. The van der Waals surface area contributed by atoms with Crippen molar-refractivity contribution in [3.05, 3.63) is 28.8 Å². The normalized spacial score (nSPS) is 21.5. The van der Waals surface area contributed by atoms with Crippen LogP contribution < -0.4 is 10.1 Å². The van der Waals surface area contributed by atoms with Crippen molar-refractivity contribution in [1.82, 2.24) is 5.32 Å². The van der Waals surface area contributed by atoms with Gasteiger partial charge in [-0.2, -0.15) is 13.2 Å². The topological polar surface area (TPSA) is 30.5 Å². The van der Waals surface area contributed by atoms with Crippen molar-refractivity contribution in [3.8, 4) is 5.75 Å². The van der Waals surface area contributed by atoms with E-state index in [1.165, 1.54) is 7.11 Å². The molecule has 0 saturated carbocycles. The lowest BCUT2D eigenvalue weighted by molar-refractivity contribution is -0.281. The second kappa shape index (κ2) is 6.46. The SMILES string of the molecule is CCCNCc1cc2c(cc1OC)CCOC2(C)C(F)(F)F. The highest BCUT2D eigenvalue weighted by Gasteiger charge is 2.55. The quantitative estimate of drug-likeness (QED) is 0.843. The van der Waals surface area contributed by atoms with E-state index in [0.717, 1.165) is 25.5 Å². The number of halogens is 3. The van der Waals surface area contributed by atoms with Crippen LogP contribution in [0.3, 0.4) is 0 Å². The zero-order valence-corrected chi connectivity index (χ0v) is 13.1. The largest absolute Gasteiger partial charge is 0.496 e. The number of methoxy groups -OCH3 is 1. The molecule has 0 spiro atoms. The number of hydrogen-bond acceptors (Lipinski definition) is 3. The van der Waals surface area contributed by atoms with Crippen LogP contribution >= 0.6 is 0 Å². The first-order valence-corrected chi connectivity index (χ1v) is 7.45. The summed E-state index contributed by atoms with van der Waals surface area (Å²) in [7, 11) is 1.54. The molecule has 1 aromatic carbocycles. The summed E-state index contributed by atoms with van der Waals surface area (Å²) in [4.78, 5) is 0. The number of fused-ring (bicyclic) bond motifs is 1. The predicted octanol–water partition coefficient (Wildman–Crippen LogP) is 3.55. The summed E-state index contributed by atoms with van der Waals surface area (Å²) in [6, 6.07) is 3.29. The molecule has 0 amide bonds. The molecule has 0 saturated heterocycles. The molecule has 0 fully saturated rings. The summed E-state index contributed by atoms with van der Waals surface area (Å²) >= 11 is 0. The monoisotopic (exact) mass is 317 g/mol. The van der Waals surface area contributed by atoms with Crippen LogP contribution in [0.1, 0.15) is 37.0 Å². The van der Waals surface area contributed by atoms with Gasteiger partial charge in [0.05, 0.1) is 13.7 Å². The van der Waals surface area contributed by atoms with E-state index in [1.54, 1.807) is 12.1 Å². The Hall–Kier alpha value is -1.27. The maximum absolute atomic E-state index is 13.5. The van der Waals surface area contributed by atoms with Gasteiger partial charge in [0.25, 0.3) is 0 Å². The summed E-state index contributed by atoms with van der Waals surface area (Å²) in [5.41, 5.74) is -0.704. The van der Waals surface area contributed by atoms with E-state index < -0.39 is 11.8 Å². The average molecular weight is 317 g/mol. The van der Waals surface area contributed by atoms with Crippen LogP contribution in [0.25, 0.3) is 0 Å². The van der Waals surface area contributed by atoms with Gasteiger partial charge < -0.3 is 14.8 Å². The molecule has 1 aromatic rings. The minimum Gasteiger partial charge on any atom is -0.496 e. The molecule has 6 heteroatoms. The van der Waals surface area contributed by atoms with Gasteiger partial charge in [0.1, 0.15) is 5.75 Å². The van der Waals surface area contributed by atoms with Crippen molar-refractivity contribution in [3.63, 3.8) is 0 Å². The lowest BCUT2D eigenvalue weighted by Crippen LogP contribution is -2.45. The van der Waals surface area contributed by atoms with Crippen LogP contribution in [0.15, 0.2) is 12.1 Å². The maximum Gasteiger partial charge on any atom is 0.421 e. The molecule has 1 aliphatic heterocycles. The summed E-state index contributed by atoms with van der Waals surface area (Å²) in [5, 5.41) is 3.20. The molecule has 22 heavy (non-hydrogen) atoms. The van der Waals surface area contributed by atoms with Gasteiger partial charge in [-0.3, -0.25) is 0 Å². The molecular formula is C16H22F3NO2. The van der Waals surface area contributed by atoms with Crippen LogP contribution in [-0.4, -0.2) is 26.4 Å². The standard InChI is InChI=1S/C16H22F3NO2/c1-4-6-20-10-12-8-13-11(9-14(12)21-3)5-7-22-15(13,2)16(17,18)19/h8-9,20H,4-7,10H2,1-3H3. The number of nitrogens with one attached hydrogen (secondary N) is 1. The Morgan fingerprint density at radius 1 is 1.36 bits per heavy atom. The van der Waals surface area contributed by atoms with Crippen molar-refractivity contribution >= 4 is 0 Å². The summed E-state index contributed by atoms with van der Waals surface area (Å²) in [5.74, 6) is 0.619. The van der Waals surface area contributed by atoms with Gasteiger partial charge in [-0.25, -0.2) is 0 Å². The smallest absolute Gasteiger partial charge is 0.421 e. The van der Waals surface area contributed by atoms with Gasteiger partial charge in [0, 0.05) is 12.1 Å². The minimum atomic E-state index is -4.45. The van der Waals surface area contributed by atoms with Gasteiger partial charge in [-0.1, -0.05) is 6.92 Å². The fourth-order valence-corrected chi connectivity index (χ4v) is 2.72. The lowest BCUT2D eigenvalue weighted by Gasteiger charge is -2.38. The zero-order valence-electron chi connectivity index (χ0n) is 13.1. The third kappa shape index (κ3) is 3.08. The van der Waals surface area contributed by atoms with Crippen LogP contribution in [0.5, 0.6) is 5.75 Å². The number of benzene rings is 1. The first-order valence-electron chi connectivity index (χ1n) is 7.45. The van der Waals surface area contributed by atoms with Crippen molar-refractivity contribution in [2.24, 2.45) is 0 Å². The molecule has 1 heterocycles. The van der Waals surface area contributed by atoms with Crippen LogP contribution in [0.4, 0.5) is 13.2 Å². The second-order valence-electron chi connectivity index (χ2n) is 5.63. The molecule has 3 nitrogen and oxygen atoms in total. The van der Waals surface area contributed by atoms with Crippen molar-refractivity contribution in [2.45, 2.75) is 45.0 Å². The molecule has 0 aliphatic carbocycles. The Balaban J connectivity index is 2.45. The van der Waals surface area contributed by atoms with Gasteiger partial charge in [0.15, 0.2) is 5.60 Å². The van der Waals surface area contributed by atoms with Crippen molar-refractivity contribution in [1.29, 1.82) is 0 Å². The molecule has 0 radical (unpaired) electrons. The minimum absolute atomic E-state index is 0.0552. The van der Waals surface area contributed by atoms with E-state index in [9.17, 15) is 13.2 Å². The Kier molecular flexibility index (Phi) is 5.02. The van der Waals surface area contributed by atoms with E-state index in [0.29, 0.717) is 24.3 Å². The highest BCUT2D eigenvalue weighted by molar-refractivity contribution is 5.46. The molecule has 0 bridgehead atoms. The third-order valence-electron chi connectivity index (χ3n) is 4.07. The van der Waals surface area contributed by atoms with Gasteiger partial charge in [0.2, 0.25) is 0 Å². The highest BCUT2D eigenvalue weighted by atomic mass is 19.4. The molecule has 124 valence electrons. The van der Waals surface area contributed by atoms with E-state index in [-0.39, 0.29) is 12.2 Å². The maximum atomic E-state index is 13.5. The van der Waals surface area contributed by atoms with E-state index >= 15 is 0 Å².